The maximum atomic E-state index is 12.6. The first kappa shape index (κ1) is 20.0. The highest BCUT2D eigenvalue weighted by molar-refractivity contribution is 7.93. The van der Waals surface area contributed by atoms with Gasteiger partial charge in [-0.05, 0) is 38.0 Å². The van der Waals surface area contributed by atoms with Crippen molar-refractivity contribution in [3.05, 3.63) is 41.5 Å². The molecule has 1 N–H and O–H groups in total. The molecule has 1 rings (SSSR count). The summed E-state index contributed by atoms with van der Waals surface area (Å²) in [5.41, 5.74) is -3.61. The molecule has 0 atom stereocenters. The third kappa shape index (κ3) is 5.26. The predicted molar refractivity (Wildman–Crippen MR) is 87.4 cm³/mol. The summed E-state index contributed by atoms with van der Waals surface area (Å²) in [6.45, 7) is 8.99. The molecule has 0 fully saturated rings. The van der Waals surface area contributed by atoms with Gasteiger partial charge in [0.05, 0.1) is 11.4 Å². The molecule has 5 nitrogen and oxygen atoms in total. The number of aryl methyl sites for hydroxylation is 1. The number of anilines is 1. The minimum absolute atomic E-state index is 0.152. The Kier molecular flexibility index (Phi) is 6.42. The first-order valence-corrected chi connectivity index (χ1v) is 8.49. The highest BCUT2D eigenvalue weighted by Gasteiger charge is 2.46. The van der Waals surface area contributed by atoms with E-state index in [1.54, 1.807) is 31.6 Å². The van der Waals surface area contributed by atoms with Crippen LogP contribution in [0.5, 0.6) is 0 Å². The molecule has 24 heavy (non-hydrogen) atoms. The molecule has 134 valence electrons. The molecule has 0 saturated carbocycles. The molecule has 0 aromatic heterocycles. The monoisotopic (exact) mass is 364 g/mol. The first-order valence-electron chi connectivity index (χ1n) is 7.01. The Balaban J connectivity index is 3.27. The fourth-order valence-electron chi connectivity index (χ4n) is 1.71. The van der Waals surface area contributed by atoms with E-state index in [1.165, 1.54) is 12.1 Å². The average Bonchev–Trinajstić information content (AvgIpc) is 2.44. The second-order valence-electron chi connectivity index (χ2n) is 5.22. The summed E-state index contributed by atoms with van der Waals surface area (Å²) in [4.78, 5) is 5.08. The molecule has 0 amide bonds. The van der Waals surface area contributed by atoms with E-state index in [0.717, 1.165) is 11.1 Å². The maximum Gasteiger partial charge on any atom is 0.516 e. The number of nitrogens with one attached hydrogen (secondary N) is 1. The van der Waals surface area contributed by atoms with Gasteiger partial charge in [-0.1, -0.05) is 30.3 Å². The lowest BCUT2D eigenvalue weighted by molar-refractivity contribution is -0.0429. The van der Waals surface area contributed by atoms with Crippen molar-refractivity contribution < 1.29 is 26.4 Å². The van der Waals surface area contributed by atoms with Crippen molar-refractivity contribution in [2.45, 2.75) is 32.7 Å². The van der Waals surface area contributed by atoms with Crippen LogP contribution in [0, 0.1) is 6.92 Å². The molecule has 0 aliphatic rings. The van der Waals surface area contributed by atoms with Gasteiger partial charge in [-0.3, -0.25) is 4.72 Å². The van der Waals surface area contributed by atoms with Crippen molar-refractivity contribution >= 4 is 21.4 Å². The molecular formula is C15H19F3N2O3S. The lowest BCUT2D eigenvalue weighted by Gasteiger charge is -2.15. The Labute approximate surface area is 139 Å². The molecule has 0 spiro atoms. The van der Waals surface area contributed by atoms with E-state index in [1.807, 2.05) is 0 Å². The van der Waals surface area contributed by atoms with E-state index in [4.69, 9.17) is 4.84 Å². The zero-order chi connectivity index (χ0) is 18.5. The Morgan fingerprint density at radius 1 is 1.38 bits per heavy atom. The third-order valence-corrected chi connectivity index (χ3v) is 3.95. The highest BCUT2D eigenvalue weighted by Crippen LogP contribution is 2.28. The Morgan fingerprint density at radius 2 is 2.00 bits per heavy atom. The first-order chi connectivity index (χ1) is 11.0. The van der Waals surface area contributed by atoms with E-state index >= 15 is 0 Å². The van der Waals surface area contributed by atoms with Gasteiger partial charge >= 0.3 is 15.5 Å². The van der Waals surface area contributed by atoms with Gasteiger partial charge in [0.25, 0.3) is 0 Å². The summed E-state index contributed by atoms with van der Waals surface area (Å²) in [5, 5.41) is 3.89. The van der Waals surface area contributed by atoms with Gasteiger partial charge in [0.2, 0.25) is 0 Å². The second kappa shape index (κ2) is 7.69. The number of hydrogen-bond donors (Lipinski definition) is 1. The molecule has 0 bridgehead atoms. The van der Waals surface area contributed by atoms with Crippen LogP contribution in [0.25, 0.3) is 0 Å². The number of nitrogens with zero attached hydrogens (tertiary/aromatic N) is 1. The van der Waals surface area contributed by atoms with Crippen LogP contribution in [-0.2, 0) is 14.9 Å². The van der Waals surface area contributed by atoms with Crippen molar-refractivity contribution in [3.8, 4) is 0 Å². The largest absolute Gasteiger partial charge is 0.516 e. The van der Waals surface area contributed by atoms with Crippen LogP contribution in [0.2, 0.25) is 0 Å². The standard InChI is InChI=1S/C15H19F3N2O3S/c1-5-13(19-23-9-10(2)3)12-8-11(4)6-7-14(12)20-24(21,22)15(16,17)18/h6-8,20H,2,5,9H2,1,3-4H3/b19-13+. The van der Waals surface area contributed by atoms with Crippen LogP contribution in [0.1, 0.15) is 31.4 Å². The average molecular weight is 364 g/mol. The van der Waals surface area contributed by atoms with E-state index < -0.39 is 15.5 Å². The van der Waals surface area contributed by atoms with Gasteiger partial charge in [-0.2, -0.15) is 21.6 Å². The number of sulfonamides is 1. The zero-order valence-electron chi connectivity index (χ0n) is 13.6. The fourth-order valence-corrected chi connectivity index (χ4v) is 2.30. The van der Waals surface area contributed by atoms with E-state index in [0.29, 0.717) is 12.1 Å². The molecule has 0 saturated heterocycles. The summed E-state index contributed by atoms with van der Waals surface area (Å²) < 4.78 is 62.0. The number of alkyl halides is 3. The second-order valence-corrected chi connectivity index (χ2v) is 6.90. The fraction of sp³-hybridized carbons (Fsp3) is 0.400. The van der Waals surface area contributed by atoms with Crippen LogP contribution < -0.4 is 4.72 Å². The number of hydrogen-bond acceptors (Lipinski definition) is 4. The van der Waals surface area contributed by atoms with Gasteiger partial charge in [-0.15, -0.1) is 0 Å². The topological polar surface area (TPSA) is 67.8 Å². The van der Waals surface area contributed by atoms with Crippen LogP contribution in [-0.4, -0.2) is 26.2 Å². The Bertz CT molecular complexity index is 741. The van der Waals surface area contributed by atoms with Gasteiger partial charge < -0.3 is 4.84 Å². The minimum Gasteiger partial charge on any atom is -0.391 e. The summed E-state index contributed by atoms with van der Waals surface area (Å²) in [6, 6.07) is 4.30. The summed E-state index contributed by atoms with van der Waals surface area (Å²) in [7, 11) is -5.52. The van der Waals surface area contributed by atoms with E-state index in [9.17, 15) is 21.6 Å². The van der Waals surface area contributed by atoms with Gasteiger partial charge in [0.15, 0.2) is 0 Å². The van der Waals surface area contributed by atoms with E-state index in [-0.39, 0.29) is 17.9 Å². The van der Waals surface area contributed by atoms with Crippen molar-refractivity contribution in [1.82, 2.24) is 0 Å². The molecule has 1 aromatic carbocycles. The van der Waals surface area contributed by atoms with Gasteiger partial charge in [0, 0.05) is 5.56 Å². The van der Waals surface area contributed by atoms with Crippen LogP contribution in [0.15, 0.2) is 35.5 Å². The molecule has 0 radical (unpaired) electrons. The summed E-state index contributed by atoms with van der Waals surface area (Å²) >= 11 is 0. The predicted octanol–water partition coefficient (Wildman–Crippen LogP) is 3.96. The minimum atomic E-state index is -5.52. The maximum absolute atomic E-state index is 12.6. The lowest BCUT2D eigenvalue weighted by atomic mass is 10.0. The van der Waals surface area contributed by atoms with Gasteiger partial charge in [0.1, 0.15) is 6.61 Å². The summed E-state index contributed by atoms with van der Waals surface area (Å²) in [6.07, 6.45) is 0.334. The molecule has 9 heteroatoms. The van der Waals surface area contributed by atoms with Crippen LogP contribution in [0.3, 0.4) is 0 Å². The number of halogens is 3. The Morgan fingerprint density at radius 3 is 2.50 bits per heavy atom. The zero-order valence-corrected chi connectivity index (χ0v) is 14.4. The molecule has 0 aliphatic heterocycles. The van der Waals surface area contributed by atoms with Crippen molar-refractivity contribution in [3.63, 3.8) is 0 Å². The Hall–Kier alpha value is -2.03. The van der Waals surface area contributed by atoms with Crippen molar-refractivity contribution in [1.29, 1.82) is 0 Å². The summed E-state index contributed by atoms with van der Waals surface area (Å²) in [5.74, 6) is 0. The van der Waals surface area contributed by atoms with Crippen LogP contribution >= 0.6 is 0 Å². The van der Waals surface area contributed by atoms with Crippen molar-refractivity contribution in [2.24, 2.45) is 5.16 Å². The van der Waals surface area contributed by atoms with Crippen LogP contribution in [0.4, 0.5) is 18.9 Å². The lowest BCUT2D eigenvalue weighted by Crippen LogP contribution is -2.30. The molecule has 0 aliphatic carbocycles. The smallest absolute Gasteiger partial charge is 0.391 e. The molecular weight excluding hydrogens is 345 g/mol. The SMILES string of the molecule is C=C(C)CO/N=C(\CC)c1cc(C)ccc1NS(=O)(=O)C(F)(F)F. The van der Waals surface area contributed by atoms with E-state index in [2.05, 4.69) is 11.7 Å². The number of benzene rings is 1. The normalized spacial score (nSPS) is 12.8. The highest BCUT2D eigenvalue weighted by atomic mass is 32.2. The quantitative estimate of drug-likeness (QED) is 0.452. The van der Waals surface area contributed by atoms with Crippen molar-refractivity contribution in [2.75, 3.05) is 11.3 Å². The number of rotatable bonds is 7. The molecule has 0 heterocycles. The molecule has 0 unspecified atom stereocenters. The molecule has 1 aromatic rings. The number of oxime groups is 1. The van der Waals surface area contributed by atoms with Gasteiger partial charge in [-0.25, -0.2) is 0 Å². The third-order valence-electron chi connectivity index (χ3n) is 2.86.